The first-order valence-electron chi connectivity index (χ1n) is 4.37. The van der Waals surface area contributed by atoms with Crippen LogP contribution in [0.5, 0.6) is 0 Å². The minimum absolute atomic E-state index is 0.556. The molecule has 0 aliphatic carbocycles. The van der Waals surface area contributed by atoms with Gasteiger partial charge in [0.15, 0.2) is 6.29 Å². The minimum atomic E-state index is 0.556. The molecule has 0 aliphatic heterocycles. The third kappa shape index (κ3) is 9.12. The highest BCUT2D eigenvalue weighted by Crippen LogP contribution is 2.05. The fraction of sp³-hybridized carbons (Fsp3) is 0.700. The smallest absolute Gasteiger partial charge is 0.198 e. The van der Waals surface area contributed by atoms with Gasteiger partial charge in [0.25, 0.3) is 0 Å². The van der Waals surface area contributed by atoms with Crippen molar-refractivity contribution in [1.29, 1.82) is 0 Å². The van der Waals surface area contributed by atoms with E-state index in [9.17, 15) is 9.59 Å². The molecule has 0 saturated carbocycles. The van der Waals surface area contributed by atoms with Crippen molar-refractivity contribution in [3.8, 4) is 0 Å². The van der Waals surface area contributed by atoms with Gasteiger partial charge in [-0.3, -0.25) is 4.79 Å². The monoisotopic (exact) mass is 166 g/mol. The van der Waals surface area contributed by atoms with Crippen LogP contribution >= 0.6 is 0 Å². The van der Waals surface area contributed by atoms with Gasteiger partial charge in [-0.1, -0.05) is 19.3 Å². The Morgan fingerprint density at radius 1 is 0.750 bits per heavy atom. The Morgan fingerprint density at radius 2 is 1.33 bits per heavy atom. The maximum atomic E-state index is 9.80. The van der Waals surface area contributed by atoms with Crippen LogP contribution in [0.3, 0.4) is 0 Å². The van der Waals surface area contributed by atoms with Gasteiger partial charge in [-0.15, -0.1) is 0 Å². The molecule has 2 heteroatoms. The van der Waals surface area contributed by atoms with Gasteiger partial charge < -0.3 is 0 Å². The number of unbranched alkanes of at least 4 members (excludes halogenated alkanes) is 6. The van der Waals surface area contributed by atoms with Gasteiger partial charge in [-0.25, -0.2) is 4.79 Å². The average Bonchev–Trinajstić information content (AvgIpc) is 2.10. The molecule has 2 nitrogen and oxygen atoms in total. The normalized spacial score (nSPS) is 9.00. The summed E-state index contributed by atoms with van der Waals surface area (Å²) in [6, 6.07) is 0. The van der Waals surface area contributed by atoms with E-state index in [-0.39, 0.29) is 0 Å². The second kappa shape index (κ2) is 10.1. The SMILES string of the molecule is O=[C]CCCCCCC[C]=C=O. The zero-order valence-electron chi connectivity index (χ0n) is 7.27. The lowest BCUT2D eigenvalue weighted by atomic mass is 10.1. The molecule has 0 unspecified atom stereocenters. The maximum Gasteiger partial charge on any atom is 0.198 e. The third-order valence-electron chi connectivity index (χ3n) is 1.65. The van der Waals surface area contributed by atoms with E-state index >= 15 is 0 Å². The van der Waals surface area contributed by atoms with Crippen LogP contribution in [0, 0.1) is 6.08 Å². The number of hydrogen-bond donors (Lipinski definition) is 0. The van der Waals surface area contributed by atoms with Crippen molar-refractivity contribution >= 4 is 12.2 Å². The summed E-state index contributed by atoms with van der Waals surface area (Å²) in [4.78, 5) is 19.5. The highest BCUT2D eigenvalue weighted by Gasteiger charge is 1.89. The molecule has 0 spiro atoms. The fourth-order valence-corrected chi connectivity index (χ4v) is 0.992. The second-order valence-corrected chi connectivity index (χ2v) is 2.69. The Bertz CT molecular complexity index is 146. The summed E-state index contributed by atoms with van der Waals surface area (Å²) < 4.78 is 0. The minimum Gasteiger partial charge on any atom is -0.291 e. The largest absolute Gasteiger partial charge is 0.291 e. The quantitative estimate of drug-likeness (QED) is 0.408. The van der Waals surface area contributed by atoms with Gasteiger partial charge in [0.2, 0.25) is 0 Å². The van der Waals surface area contributed by atoms with Crippen molar-refractivity contribution in [3.05, 3.63) is 6.08 Å². The molecule has 0 aromatic heterocycles. The van der Waals surface area contributed by atoms with E-state index in [1.54, 1.807) is 5.94 Å². The van der Waals surface area contributed by atoms with Crippen LogP contribution in [0.2, 0.25) is 0 Å². The Morgan fingerprint density at radius 3 is 1.92 bits per heavy atom. The van der Waals surface area contributed by atoms with Crippen LogP contribution in [0.25, 0.3) is 0 Å². The van der Waals surface area contributed by atoms with Crippen LogP contribution in [0.4, 0.5) is 0 Å². The van der Waals surface area contributed by atoms with Crippen molar-refractivity contribution < 1.29 is 9.59 Å². The molecule has 0 bridgehead atoms. The van der Waals surface area contributed by atoms with Gasteiger partial charge in [0, 0.05) is 6.42 Å². The molecule has 0 atom stereocenters. The molecule has 12 heavy (non-hydrogen) atoms. The molecule has 0 aromatic rings. The maximum absolute atomic E-state index is 9.80. The van der Waals surface area contributed by atoms with Crippen molar-refractivity contribution in [3.63, 3.8) is 0 Å². The molecule has 0 saturated heterocycles. The lowest BCUT2D eigenvalue weighted by Gasteiger charge is -1.95. The molecular formula is C10H14O2. The number of allylic oxidation sites excluding steroid dienone is 1. The predicted octanol–water partition coefficient (Wildman–Crippen LogP) is 2.02. The third-order valence-corrected chi connectivity index (χ3v) is 1.65. The van der Waals surface area contributed by atoms with Crippen LogP contribution in [0.1, 0.15) is 44.9 Å². The lowest BCUT2D eigenvalue weighted by molar-refractivity contribution is 0.542. The summed E-state index contributed by atoms with van der Waals surface area (Å²) in [5.74, 6) is 1.63. The molecule has 2 radical (unpaired) electrons. The Balaban J connectivity index is 2.90. The number of hydrogen-bond acceptors (Lipinski definition) is 2. The van der Waals surface area contributed by atoms with Crippen LogP contribution in [0.15, 0.2) is 0 Å². The summed E-state index contributed by atoms with van der Waals surface area (Å²) >= 11 is 0. The van der Waals surface area contributed by atoms with E-state index in [0.29, 0.717) is 12.8 Å². The van der Waals surface area contributed by atoms with Gasteiger partial charge in [0.1, 0.15) is 5.94 Å². The Kier molecular flexibility index (Phi) is 9.38. The first-order valence-corrected chi connectivity index (χ1v) is 4.37. The van der Waals surface area contributed by atoms with Gasteiger partial charge in [0.05, 0.1) is 6.08 Å². The summed E-state index contributed by atoms with van der Waals surface area (Å²) in [5.41, 5.74) is 0. The van der Waals surface area contributed by atoms with Crippen LogP contribution in [-0.2, 0) is 9.59 Å². The van der Waals surface area contributed by atoms with E-state index in [1.807, 2.05) is 6.29 Å². The number of carbonyl (C=O) groups excluding carboxylic acids is 2. The summed E-state index contributed by atoms with van der Waals surface area (Å²) in [6.45, 7) is 0. The van der Waals surface area contributed by atoms with Gasteiger partial charge in [-0.2, -0.15) is 0 Å². The molecule has 0 fully saturated rings. The van der Waals surface area contributed by atoms with Gasteiger partial charge >= 0.3 is 0 Å². The summed E-state index contributed by atoms with van der Waals surface area (Å²) in [6.07, 6.45) is 10.9. The van der Waals surface area contributed by atoms with Crippen molar-refractivity contribution in [1.82, 2.24) is 0 Å². The summed E-state index contributed by atoms with van der Waals surface area (Å²) in [5, 5.41) is 0. The predicted molar refractivity (Wildman–Crippen MR) is 46.9 cm³/mol. The standard InChI is InChI=1S/C10H14O2/c11-9-7-5-3-1-2-4-6-8-10-12/h1-7H2. The molecule has 0 aromatic carbocycles. The molecule has 66 valence electrons. The van der Waals surface area contributed by atoms with E-state index in [4.69, 9.17) is 0 Å². The Hall–Kier alpha value is -0.880. The Labute approximate surface area is 73.7 Å². The zero-order valence-corrected chi connectivity index (χ0v) is 7.27. The van der Waals surface area contributed by atoms with Crippen LogP contribution in [-0.4, -0.2) is 12.2 Å². The molecule has 0 rings (SSSR count). The van der Waals surface area contributed by atoms with Crippen molar-refractivity contribution in [2.75, 3.05) is 0 Å². The van der Waals surface area contributed by atoms with Crippen LogP contribution < -0.4 is 0 Å². The molecule has 0 aliphatic rings. The highest BCUT2D eigenvalue weighted by atomic mass is 16.1. The average molecular weight is 166 g/mol. The van der Waals surface area contributed by atoms with Crippen molar-refractivity contribution in [2.24, 2.45) is 0 Å². The van der Waals surface area contributed by atoms with E-state index in [0.717, 1.165) is 32.1 Å². The molecule has 0 amide bonds. The molecule has 0 N–H and O–H groups in total. The zero-order chi connectivity index (χ0) is 9.07. The topological polar surface area (TPSA) is 34.1 Å². The number of rotatable bonds is 8. The first kappa shape index (κ1) is 11.1. The van der Waals surface area contributed by atoms with E-state index in [2.05, 4.69) is 6.08 Å². The molecular weight excluding hydrogens is 152 g/mol. The fourth-order valence-electron chi connectivity index (χ4n) is 0.992. The lowest BCUT2D eigenvalue weighted by Crippen LogP contribution is -1.80. The summed E-state index contributed by atoms with van der Waals surface area (Å²) in [7, 11) is 0. The van der Waals surface area contributed by atoms with E-state index in [1.165, 1.54) is 0 Å². The van der Waals surface area contributed by atoms with Gasteiger partial charge in [-0.05, 0) is 19.3 Å². The molecule has 0 heterocycles. The van der Waals surface area contributed by atoms with Crippen molar-refractivity contribution in [2.45, 2.75) is 44.9 Å². The second-order valence-electron chi connectivity index (χ2n) is 2.69. The van der Waals surface area contributed by atoms with E-state index < -0.39 is 0 Å². The highest BCUT2D eigenvalue weighted by molar-refractivity contribution is 5.50. The first-order chi connectivity index (χ1) is 5.91.